The maximum Gasteiger partial charge on any atom is 0.315 e. The van der Waals surface area contributed by atoms with Gasteiger partial charge in [0.1, 0.15) is 0 Å². The first-order chi connectivity index (χ1) is 5.77. The van der Waals surface area contributed by atoms with E-state index < -0.39 is 0 Å². The van der Waals surface area contributed by atoms with Crippen molar-refractivity contribution < 1.29 is 4.79 Å². The third kappa shape index (κ3) is 1.11. The summed E-state index contributed by atoms with van der Waals surface area (Å²) in [5, 5.41) is 0. The summed E-state index contributed by atoms with van der Waals surface area (Å²) >= 11 is 0. The second-order valence-electron chi connectivity index (χ2n) is 3.32. The number of amides is 2. The highest BCUT2D eigenvalue weighted by atomic mass is 16.2. The Hall–Kier alpha value is -1.25. The van der Waals surface area contributed by atoms with Gasteiger partial charge in [-0.2, -0.15) is 0 Å². The van der Waals surface area contributed by atoms with E-state index in [-0.39, 0.29) is 6.03 Å². The van der Waals surface area contributed by atoms with Crippen LogP contribution in [-0.2, 0) is 0 Å². The summed E-state index contributed by atoms with van der Waals surface area (Å²) in [6.07, 6.45) is 7.34. The van der Waals surface area contributed by atoms with Crippen LogP contribution in [0.4, 0.5) is 4.79 Å². The maximum absolute atomic E-state index is 10.8. The Morgan fingerprint density at radius 2 is 2.50 bits per heavy atom. The Morgan fingerprint density at radius 1 is 1.67 bits per heavy atom. The number of carbonyl (C=O) groups excluding carboxylic acids is 1. The number of primary amides is 1. The molecule has 12 heavy (non-hydrogen) atoms. The van der Waals surface area contributed by atoms with Crippen molar-refractivity contribution in [1.82, 2.24) is 4.90 Å². The van der Waals surface area contributed by atoms with E-state index in [1.165, 1.54) is 5.57 Å². The monoisotopic (exact) mass is 164 g/mol. The predicted octanol–water partition coefficient (Wildman–Crippen LogP) is 0.883. The van der Waals surface area contributed by atoms with E-state index in [1.54, 1.807) is 4.90 Å². The molecule has 2 aliphatic rings. The second kappa shape index (κ2) is 2.66. The van der Waals surface area contributed by atoms with Crippen molar-refractivity contribution in [3.63, 3.8) is 0 Å². The molecule has 1 fully saturated rings. The Kier molecular flexibility index (Phi) is 1.64. The lowest BCUT2D eigenvalue weighted by Gasteiger charge is -2.11. The fraction of sp³-hybridized carbons (Fsp3) is 0.444. The van der Waals surface area contributed by atoms with Crippen molar-refractivity contribution in [2.24, 2.45) is 11.7 Å². The van der Waals surface area contributed by atoms with Crippen molar-refractivity contribution in [2.45, 2.75) is 6.42 Å². The maximum atomic E-state index is 10.8. The minimum Gasteiger partial charge on any atom is -0.351 e. The summed E-state index contributed by atoms with van der Waals surface area (Å²) in [7, 11) is 0. The average Bonchev–Trinajstić information content (AvgIpc) is 2.46. The van der Waals surface area contributed by atoms with Gasteiger partial charge in [-0.1, -0.05) is 18.2 Å². The molecule has 2 rings (SSSR count). The van der Waals surface area contributed by atoms with Crippen LogP contribution in [0.15, 0.2) is 23.8 Å². The standard InChI is InChI=1S/C9H12N2O/c10-9(12)11-5-7-3-1-2-4-8(7)6-11/h1-3,8H,4-6H2,(H2,10,12). The lowest BCUT2D eigenvalue weighted by Crippen LogP contribution is -2.33. The van der Waals surface area contributed by atoms with Crippen LogP contribution in [0.1, 0.15) is 6.42 Å². The van der Waals surface area contributed by atoms with Crippen LogP contribution in [0.3, 0.4) is 0 Å². The van der Waals surface area contributed by atoms with Gasteiger partial charge in [0.15, 0.2) is 0 Å². The van der Waals surface area contributed by atoms with Crippen LogP contribution < -0.4 is 5.73 Å². The molecule has 1 unspecified atom stereocenters. The zero-order chi connectivity index (χ0) is 8.55. The first-order valence-corrected chi connectivity index (χ1v) is 4.17. The number of hydrogen-bond acceptors (Lipinski definition) is 1. The van der Waals surface area contributed by atoms with Gasteiger partial charge in [-0.3, -0.25) is 0 Å². The summed E-state index contributed by atoms with van der Waals surface area (Å²) in [6.45, 7) is 1.52. The van der Waals surface area contributed by atoms with E-state index in [4.69, 9.17) is 5.73 Å². The second-order valence-corrected chi connectivity index (χ2v) is 3.32. The van der Waals surface area contributed by atoms with Crippen LogP contribution in [0.5, 0.6) is 0 Å². The van der Waals surface area contributed by atoms with E-state index in [0.29, 0.717) is 5.92 Å². The summed E-state index contributed by atoms with van der Waals surface area (Å²) in [5.74, 6) is 0.530. The highest BCUT2D eigenvalue weighted by Gasteiger charge is 2.28. The van der Waals surface area contributed by atoms with Crippen LogP contribution in [0, 0.1) is 5.92 Å². The Bertz CT molecular complexity index is 268. The first kappa shape index (κ1) is 7.40. The van der Waals surface area contributed by atoms with E-state index >= 15 is 0 Å². The molecule has 1 heterocycles. The summed E-state index contributed by atoms with van der Waals surface area (Å²) in [4.78, 5) is 12.5. The van der Waals surface area contributed by atoms with Crippen LogP contribution in [0.25, 0.3) is 0 Å². The third-order valence-corrected chi connectivity index (χ3v) is 2.52. The van der Waals surface area contributed by atoms with Crippen molar-refractivity contribution >= 4 is 6.03 Å². The molecule has 64 valence electrons. The van der Waals surface area contributed by atoms with Gasteiger partial charge < -0.3 is 10.6 Å². The van der Waals surface area contributed by atoms with Crippen molar-refractivity contribution in [2.75, 3.05) is 13.1 Å². The van der Waals surface area contributed by atoms with E-state index in [2.05, 4.69) is 18.2 Å². The minimum absolute atomic E-state index is 0.301. The fourth-order valence-electron chi connectivity index (χ4n) is 1.81. The smallest absolute Gasteiger partial charge is 0.315 e. The number of urea groups is 1. The Balaban J connectivity index is 2.12. The van der Waals surface area contributed by atoms with Gasteiger partial charge in [-0.05, 0) is 12.0 Å². The van der Waals surface area contributed by atoms with E-state index in [0.717, 1.165) is 19.5 Å². The number of nitrogens with two attached hydrogens (primary N) is 1. The molecule has 0 bridgehead atoms. The molecule has 1 atom stereocenters. The van der Waals surface area contributed by atoms with Crippen molar-refractivity contribution in [1.29, 1.82) is 0 Å². The molecule has 0 aromatic rings. The van der Waals surface area contributed by atoms with Crippen LogP contribution in [0.2, 0.25) is 0 Å². The van der Waals surface area contributed by atoms with Gasteiger partial charge in [0, 0.05) is 19.0 Å². The van der Waals surface area contributed by atoms with Crippen molar-refractivity contribution in [3.05, 3.63) is 23.8 Å². The summed E-state index contributed by atoms with van der Waals surface area (Å²) in [6, 6.07) is -0.301. The van der Waals surface area contributed by atoms with Gasteiger partial charge in [0.25, 0.3) is 0 Å². The number of likely N-dealkylation sites (tertiary alicyclic amines) is 1. The summed E-state index contributed by atoms with van der Waals surface area (Å²) in [5.41, 5.74) is 6.54. The Morgan fingerprint density at radius 3 is 3.17 bits per heavy atom. The van der Waals surface area contributed by atoms with Gasteiger partial charge in [0.05, 0.1) is 0 Å². The van der Waals surface area contributed by atoms with Gasteiger partial charge in [-0.25, -0.2) is 4.79 Å². The number of hydrogen-bond donors (Lipinski definition) is 1. The molecule has 0 saturated carbocycles. The first-order valence-electron chi connectivity index (χ1n) is 4.17. The molecule has 1 aliphatic heterocycles. The lowest BCUT2D eigenvalue weighted by molar-refractivity contribution is 0.217. The molecule has 0 radical (unpaired) electrons. The third-order valence-electron chi connectivity index (χ3n) is 2.52. The topological polar surface area (TPSA) is 46.3 Å². The van der Waals surface area contributed by atoms with E-state index in [1.807, 2.05) is 0 Å². The van der Waals surface area contributed by atoms with Gasteiger partial charge in [0.2, 0.25) is 0 Å². The fourth-order valence-corrected chi connectivity index (χ4v) is 1.81. The largest absolute Gasteiger partial charge is 0.351 e. The molecule has 3 nitrogen and oxygen atoms in total. The number of fused-ring (bicyclic) bond motifs is 1. The van der Waals surface area contributed by atoms with Gasteiger partial charge >= 0.3 is 6.03 Å². The molecule has 0 spiro atoms. The van der Waals surface area contributed by atoms with Crippen LogP contribution >= 0.6 is 0 Å². The SMILES string of the molecule is NC(=O)N1CC2=CC=CCC2C1. The molecule has 2 N–H and O–H groups in total. The molecule has 2 amide bonds. The molecule has 0 aromatic carbocycles. The zero-order valence-electron chi connectivity index (χ0n) is 6.86. The van der Waals surface area contributed by atoms with E-state index in [9.17, 15) is 4.79 Å². The van der Waals surface area contributed by atoms with Crippen LogP contribution in [-0.4, -0.2) is 24.0 Å². The molecule has 1 aliphatic carbocycles. The Labute approximate surface area is 71.5 Å². The van der Waals surface area contributed by atoms with Crippen molar-refractivity contribution in [3.8, 4) is 0 Å². The molecular weight excluding hydrogens is 152 g/mol. The quantitative estimate of drug-likeness (QED) is 0.567. The lowest BCUT2D eigenvalue weighted by atomic mass is 9.95. The number of allylic oxidation sites excluding steroid dienone is 3. The number of nitrogens with zero attached hydrogens (tertiary/aromatic N) is 1. The minimum atomic E-state index is -0.301. The molecule has 1 saturated heterocycles. The van der Waals surface area contributed by atoms with Gasteiger partial charge in [-0.15, -0.1) is 0 Å². The highest BCUT2D eigenvalue weighted by molar-refractivity contribution is 5.73. The zero-order valence-corrected chi connectivity index (χ0v) is 6.86. The summed E-state index contributed by atoms with van der Waals surface area (Å²) < 4.78 is 0. The highest BCUT2D eigenvalue weighted by Crippen LogP contribution is 2.28. The molecular formula is C9H12N2O. The molecule has 3 heteroatoms. The average molecular weight is 164 g/mol. The molecule has 0 aromatic heterocycles. The number of carbonyl (C=O) groups is 1. The number of rotatable bonds is 0. The predicted molar refractivity (Wildman–Crippen MR) is 46.5 cm³/mol. The normalized spacial score (nSPS) is 26.8.